The summed E-state index contributed by atoms with van der Waals surface area (Å²) >= 11 is 0. The van der Waals surface area contributed by atoms with Gasteiger partial charge in [-0.05, 0) is 49.3 Å². The molecule has 2 rings (SSSR count). The lowest BCUT2D eigenvalue weighted by Gasteiger charge is -2.30. The third kappa shape index (κ3) is 5.46. The molecule has 116 valence electrons. The first kappa shape index (κ1) is 16.0. The van der Waals surface area contributed by atoms with Crippen LogP contribution in [0.5, 0.6) is 0 Å². The first-order valence-corrected chi connectivity index (χ1v) is 8.08. The number of amides is 1. The van der Waals surface area contributed by atoms with Crippen LogP contribution >= 0.6 is 0 Å². The minimum Gasteiger partial charge on any atom is -0.396 e. The van der Waals surface area contributed by atoms with Crippen molar-refractivity contribution in [2.45, 2.75) is 57.4 Å². The first-order valence-electron chi connectivity index (χ1n) is 8.08. The zero-order chi connectivity index (χ0) is 14.9. The molecule has 1 amide bonds. The third-order valence-electron chi connectivity index (χ3n) is 4.40. The molecule has 2 N–H and O–H groups in total. The fourth-order valence-electron chi connectivity index (χ4n) is 3.19. The molecular weight excluding hydrogens is 264 g/mol. The third-order valence-corrected chi connectivity index (χ3v) is 4.40. The van der Waals surface area contributed by atoms with Gasteiger partial charge in [0.25, 0.3) is 0 Å². The van der Waals surface area contributed by atoms with Crippen LogP contribution in [0.2, 0.25) is 0 Å². The van der Waals surface area contributed by atoms with Gasteiger partial charge in [0.05, 0.1) is 0 Å². The van der Waals surface area contributed by atoms with Crippen molar-refractivity contribution in [3.8, 4) is 0 Å². The van der Waals surface area contributed by atoms with Crippen LogP contribution in [-0.2, 0) is 11.2 Å². The van der Waals surface area contributed by atoms with Gasteiger partial charge in [-0.1, -0.05) is 19.3 Å². The molecule has 1 aliphatic carbocycles. The lowest BCUT2D eigenvalue weighted by atomic mass is 9.82. The summed E-state index contributed by atoms with van der Waals surface area (Å²) in [5.74, 6) is 0.631. The molecule has 1 saturated carbocycles. The molecule has 4 nitrogen and oxygen atoms in total. The molecule has 1 aliphatic rings. The Kier molecular flexibility index (Phi) is 6.67. The van der Waals surface area contributed by atoms with Crippen LogP contribution in [0, 0.1) is 5.92 Å². The van der Waals surface area contributed by atoms with E-state index in [0.29, 0.717) is 18.8 Å². The van der Waals surface area contributed by atoms with E-state index in [1.807, 2.05) is 12.1 Å². The fraction of sp³-hybridized carbons (Fsp3) is 0.647. The molecule has 1 aromatic rings. The molecule has 21 heavy (non-hydrogen) atoms. The van der Waals surface area contributed by atoms with E-state index in [1.165, 1.54) is 32.1 Å². The highest BCUT2D eigenvalue weighted by Crippen LogP contribution is 2.27. The quantitative estimate of drug-likeness (QED) is 0.811. The number of aromatic nitrogens is 1. The van der Waals surface area contributed by atoms with Crippen molar-refractivity contribution < 1.29 is 9.90 Å². The summed E-state index contributed by atoms with van der Waals surface area (Å²) in [5.41, 5.74) is 1.14. The number of carbonyl (C=O) groups excluding carboxylic acids is 1. The van der Waals surface area contributed by atoms with Crippen molar-refractivity contribution in [2.75, 3.05) is 6.61 Å². The topological polar surface area (TPSA) is 62.2 Å². The molecular formula is C17H26N2O2. The van der Waals surface area contributed by atoms with Crippen molar-refractivity contribution in [3.63, 3.8) is 0 Å². The van der Waals surface area contributed by atoms with E-state index in [1.54, 1.807) is 12.4 Å². The summed E-state index contributed by atoms with van der Waals surface area (Å²) in [6.07, 6.45) is 11.6. The molecule has 0 bridgehead atoms. The number of carbonyl (C=O) groups is 1. The maximum absolute atomic E-state index is 12.1. The van der Waals surface area contributed by atoms with Gasteiger partial charge in [0.2, 0.25) is 5.91 Å². The number of rotatable bonds is 7. The molecule has 0 spiro atoms. The monoisotopic (exact) mass is 290 g/mol. The number of hydrogen-bond donors (Lipinski definition) is 2. The highest BCUT2D eigenvalue weighted by atomic mass is 16.3. The van der Waals surface area contributed by atoms with E-state index in [9.17, 15) is 9.90 Å². The lowest BCUT2D eigenvalue weighted by Crippen LogP contribution is -2.41. The highest BCUT2D eigenvalue weighted by molar-refractivity contribution is 5.76. The molecule has 4 heteroatoms. The predicted octanol–water partition coefficient (Wildman–Crippen LogP) is 2.46. The average molecular weight is 290 g/mol. The van der Waals surface area contributed by atoms with Gasteiger partial charge < -0.3 is 10.4 Å². The van der Waals surface area contributed by atoms with Crippen LogP contribution in [-0.4, -0.2) is 28.6 Å². The van der Waals surface area contributed by atoms with Crippen LogP contribution in [0.4, 0.5) is 0 Å². The van der Waals surface area contributed by atoms with Crippen LogP contribution in [0.3, 0.4) is 0 Å². The van der Waals surface area contributed by atoms with E-state index in [-0.39, 0.29) is 18.6 Å². The number of aryl methyl sites for hydroxylation is 1. The van der Waals surface area contributed by atoms with Crippen LogP contribution in [0.1, 0.15) is 50.5 Å². The molecule has 1 atom stereocenters. The lowest BCUT2D eigenvalue weighted by molar-refractivity contribution is -0.122. The predicted molar refractivity (Wildman–Crippen MR) is 82.8 cm³/mol. The maximum atomic E-state index is 12.1. The second kappa shape index (κ2) is 8.78. The zero-order valence-electron chi connectivity index (χ0n) is 12.6. The Hall–Kier alpha value is -1.42. The van der Waals surface area contributed by atoms with Gasteiger partial charge in [0.1, 0.15) is 0 Å². The van der Waals surface area contributed by atoms with Crippen molar-refractivity contribution in [1.82, 2.24) is 10.3 Å². The van der Waals surface area contributed by atoms with Gasteiger partial charge in [0.15, 0.2) is 0 Å². The summed E-state index contributed by atoms with van der Waals surface area (Å²) in [7, 11) is 0. The second-order valence-electron chi connectivity index (χ2n) is 5.94. The Morgan fingerprint density at radius 2 is 2.00 bits per heavy atom. The normalized spacial score (nSPS) is 17.4. The molecule has 0 aliphatic heterocycles. The number of nitrogens with one attached hydrogen (secondary N) is 1. The first-order chi connectivity index (χ1) is 10.3. The van der Waals surface area contributed by atoms with E-state index in [0.717, 1.165) is 12.0 Å². The molecule has 0 aromatic carbocycles. The van der Waals surface area contributed by atoms with Crippen LogP contribution < -0.4 is 5.32 Å². The molecule has 1 unspecified atom stereocenters. The minimum absolute atomic E-state index is 0.0934. The van der Waals surface area contributed by atoms with Gasteiger partial charge in [-0.3, -0.25) is 9.78 Å². The Balaban J connectivity index is 1.80. The average Bonchev–Trinajstić information content (AvgIpc) is 2.54. The zero-order valence-corrected chi connectivity index (χ0v) is 12.6. The van der Waals surface area contributed by atoms with E-state index < -0.39 is 0 Å². The highest BCUT2D eigenvalue weighted by Gasteiger charge is 2.24. The molecule has 1 fully saturated rings. The largest absolute Gasteiger partial charge is 0.396 e. The van der Waals surface area contributed by atoms with E-state index in [4.69, 9.17) is 0 Å². The van der Waals surface area contributed by atoms with Gasteiger partial charge in [-0.2, -0.15) is 0 Å². The molecule has 0 radical (unpaired) electrons. The van der Waals surface area contributed by atoms with Crippen molar-refractivity contribution in [3.05, 3.63) is 30.1 Å². The van der Waals surface area contributed by atoms with E-state index in [2.05, 4.69) is 10.3 Å². The summed E-state index contributed by atoms with van der Waals surface area (Å²) in [5, 5.41) is 12.4. The smallest absolute Gasteiger partial charge is 0.220 e. The SMILES string of the molecule is O=C(CCc1ccncc1)NC(CCO)C1CCCCC1. The van der Waals surface area contributed by atoms with E-state index >= 15 is 0 Å². The van der Waals surface area contributed by atoms with Gasteiger partial charge in [0, 0.05) is 31.5 Å². The Bertz CT molecular complexity index is 416. The fourth-order valence-corrected chi connectivity index (χ4v) is 3.19. The standard InChI is InChI=1S/C17H26N2O2/c20-13-10-16(15-4-2-1-3-5-15)19-17(21)7-6-14-8-11-18-12-9-14/h8-9,11-12,15-16,20H,1-7,10,13H2,(H,19,21). The Morgan fingerprint density at radius 3 is 2.67 bits per heavy atom. The molecule has 1 aromatic heterocycles. The van der Waals surface area contributed by atoms with Crippen molar-refractivity contribution >= 4 is 5.91 Å². The summed E-state index contributed by atoms with van der Waals surface area (Å²) in [4.78, 5) is 16.1. The summed E-state index contributed by atoms with van der Waals surface area (Å²) in [6, 6.07) is 4.03. The van der Waals surface area contributed by atoms with Crippen molar-refractivity contribution in [1.29, 1.82) is 0 Å². The Labute approximate surface area is 127 Å². The summed E-state index contributed by atoms with van der Waals surface area (Å²) in [6.45, 7) is 0.145. The number of pyridine rings is 1. The molecule has 1 heterocycles. The van der Waals surface area contributed by atoms with Gasteiger partial charge in [-0.25, -0.2) is 0 Å². The Morgan fingerprint density at radius 1 is 1.29 bits per heavy atom. The van der Waals surface area contributed by atoms with Gasteiger partial charge >= 0.3 is 0 Å². The maximum Gasteiger partial charge on any atom is 0.220 e. The van der Waals surface area contributed by atoms with Crippen LogP contribution in [0.25, 0.3) is 0 Å². The molecule has 0 saturated heterocycles. The number of hydrogen-bond acceptors (Lipinski definition) is 3. The summed E-state index contributed by atoms with van der Waals surface area (Å²) < 4.78 is 0. The number of aliphatic hydroxyl groups is 1. The second-order valence-corrected chi connectivity index (χ2v) is 5.94. The van der Waals surface area contributed by atoms with Gasteiger partial charge in [-0.15, -0.1) is 0 Å². The van der Waals surface area contributed by atoms with Crippen LogP contribution in [0.15, 0.2) is 24.5 Å². The number of nitrogens with zero attached hydrogens (tertiary/aromatic N) is 1. The van der Waals surface area contributed by atoms with Crippen molar-refractivity contribution in [2.24, 2.45) is 5.92 Å². The minimum atomic E-state index is 0.0934. The number of aliphatic hydroxyl groups excluding tert-OH is 1.